The van der Waals surface area contributed by atoms with Crippen LogP contribution in [0.4, 0.5) is 0 Å². The van der Waals surface area contributed by atoms with Gasteiger partial charge in [0.25, 0.3) is 0 Å². The van der Waals surface area contributed by atoms with Gasteiger partial charge in [0.2, 0.25) is 0 Å². The quantitative estimate of drug-likeness (QED) is 0.369. The Hall–Kier alpha value is -0.650. The van der Waals surface area contributed by atoms with Gasteiger partial charge in [0, 0.05) is 13.1 Å². The number of hydrogen-bond donors (Lipinski definition) is 4. The number of aliphatic hydroxyl groups excluding tert-OH is 1. The van der Waals surface area contributed by atoms with Gasteiger partial charge in [0.15, 0.2) is 0 Å². The van der Waals surface area contributed by atoms with Gasteiger partial charge in [0.05, 0.1) is 0 Å². The van der Waals surface area contributed by atoms with Gasteiger partial charge in [-0.15, -0.1) is 0 Å². The number of rotatable bonds is 14. The highest BCUT2D eigenvalue weighted by Crippen LogP contribution is 2.10. The predicted octanol–water partition coefficient (Wildman–Crippen LogP) is 2.91. The van der Waals surface area contributed by atoms with Crippen LogP contribution in [0.1, 0.15) is 78.1 Å². The molecule has 134 valence electrons. The Morgan fingerprint density at radius 1 is 0.955 bits per heavy atom. The first-order chi connectivity index (χ1) is 10.6. The Bertz CT molecular complexity index is 210. The molecule has 5 heteroatoms. The van der Waals surface area contributed by atoms with Crippen molar-refractivity contribution in [2.24, 2.45) is 5.73 Å². The van der Waals surface area contributed by atoms with E-state index in [1.807, 2.05) is 0 Å². The van der Waals surface area contributed by atoms with Crippen LogP contribution in [0.15, 0.2) is 0 Å². The third-order valence-corrected chi connectivity index (χ3v) is 3.39. The maximum Gasteiger partial charge on any atom is 0.332 e. The Morgan fingerprint density at radius 2 is 1.36 bits per heavy atom. The Morgan fingerprint density at radius 3 is 1.73 bits per heavy atom. The fourth-order valence-electron chi connectivity index (χ4n) is 1.96. The molecule has 0 aliphatic heterocycles. The first-order valence-electron chi connectivity index (χ1n) is 8.87. The number of unbranched alkanes of at least 4 members (excludes halogenated alkanes) is 9. The van der Waals surface area contributed by atoms with Gasteiger partial charge in [-0.1, -0.05) is 64.7 Å². The third-order valence-electron chi connectivity index (χ3n) is 3.39. The first kappa shape index (κ1) is 23.6. The summed E-state index contributed by atoms with van der Waals surface area (Å²) in [6, 6.07) is 0. The molecule has 5 N–H and O–H groups in total. The summed E-state index contributed by atoms with van der Waals surface area (Å²) in [7, 11) is 0. The van der Waals surface area contributed by atoms with Crippen molar-refractivity contribution in [3.05, 3.63) is 0 Å². The van der Waals surface area contributed by atoms with Crippen LogP contribution in [0.5, 0.6) is 0 Å². The number of carbonyl (C=O) groups is 1. The van der Waals surface area contributed by atoms with Gasteiger partial charge >= 0.3 is 5.97 Å². The number of hydrogen-bond acceptors (Lipinski definition) is 4. The second-order valence-electron chi connectivity index (χ2n) is 5.73. The minimum atomic E-state index is -1.23. The monoisotopic (exact) mass is 318 g/mol. The van der Waals surface area contributed by atoms with E-state index in [9.17, 15) is 4.79 Å². The Balaban J connectivity index is 0. The van der Waals surface area contributed by atoms with Crippen molar-refractivity contribution >= 4 is 5.97 Å². The number of aliphatic hydroxyl groups is 1. The normalized spacial score (nSPS) is 11.6. The van der Waals surface area contributed by atoms with Gasteiger partial charge in [-0.3, -0.25) is 0 Å². The molecule has 0 spiro atoms. The van der Waals surface area contributed by atoms with Crippen molar-refractivity contribution in [3.63, 3.8) is 0 Å². The van der Waals surface area contributed by atoms with Crippen molar-refractivity contribution in [2.45, 2.75) is 84.2 Å². The first-order valence-corrected chi connectivity index (χ1v) is 8.87. The third kappa shape index (κ3) is 24.4. The van der Waals surface area contributed by atoms with E-state index in [1.54, 1.807) is 0 Å². The van der Waals surface area contributed by atoms with Crippen molar-refractivity contribution in [1.29, 1.82) is 0 Å². The average Bonchev–Trinajstić information content (AvgIpc) is 2.49. The molecule has 0 aromatic heterocycles. The van der Waals surface area contributed by atoms with Crippen molar-refractivity contribution < 1.29 is 15.0 Å². The average molecular weight is 319 g/mol. The van der Waals surface area contributed by atoms with Crippen LogP contribution in [-0.2, 0) is 4.79 Å². The summed E-state index contributed by atoms with van der Waals surface area (Å²) in [6.45, 7) is 6.35. The predicted molar refractivity (Wildman–Crippen MR) is 93.1 cm³/mol. The number of carboxylic acids is 1. The van der Waals surface area contributed by atoms with Crippen molar-refractivity contribution in [3.8, 4) is 0 Å². The van der Waals surface area contributed by atoms with E-state index in [4.69, 9.17) is 15.9 Å². The second-order valence-corrected chi connectivity index (χ2v) is 5.73. The SMILES string of the molecule is CC(O)C(=O)O.CCCCCCCCCCCCNCCN. The van der Waals surface area contributed by atoms with Crippen molar-refractivity contribution in [1.82, 2.24) is 5.32 Å². The van der Waals surface area contributed by atoms with Gasteiger partial charge in [-0.05, 0) is 19.9 Å². The largest absolute Gasteiger partial charge is 0.479 e. The number of aliphatic carboxylic acids is 1. The molecule has 5 nitrogen and oxygen atoms in total. The molecule has 0 aromatic rings. The van der Waals surface area contributed by atoms with Crippen LogP contribution in [0, 0.1) is 0 Å². The van der Waals surface area contributed by atoms with E-state index >= 15 is 0 Å². The molecule has 0 aliphatic carbocycles. The molecular weight excluding hydrogens is 280 g/mol. The fraction of sp³-hybridized carbons (Fsp3) is 0.941. The molecule has 0 saturated carbocycles. The molecule has 0 heterocycles. The molecule has 0 aromatic carbocycles. The van der Waals surface area contributed by atoms with Crippen LogP contribution in [0.2, 0.25) is 0 Å². The minimum Gasteiger partial charge on any atom is -0.479 e. The summed E-state index contributed by atoms with van der Waals surface area (Å²) >= 11 is 0. The molecule has 1 unspecified atom stereocenters. The van der Waals surface area contributed by atoms with Crippen LogP contribution < -0.4 is 11.1 Å². The molecule has 22 heavy (non-hydrogen) atoms. The van der Waals surface area contributed by atoms with Crippen LogP contribution >= 0.6 is 0 Å². The maximum absolute atomic E-state index is 9.45. The zero-order chi connectivity index (χ0) is 17.1. The molecular formula is C17H38N2O3. The van der Waals surface area contributed by atoms with Crippen LogP contribution in [0.3, 0.4) is 0 Å². The summed E-state index contributed by atoms with van der Waals surface area (Å²) in [5.41, 5.74) is 5.40. The van der Waals surface area contributed by atoms with Gasteiger partial charge in [-0.25, -0.2) is 4.79 Å². The molecule has 0 amide bonds. The lowest BCUT2D eigenvalue weighted by Gasteiger charge is -2.03. The molecule has 0 bridgehead atoms. The summed E-state index contributed by atoms with van der Waals surface area (Å²) in [6.07, 6.45) is 12.9. The van der Waals surface area contributed by atoms with E-state index in [0.717, 1.165) is 19.6 Å². The highest BCUT2D eigenvalue weighted by atomic mass is 16.4. The van der Waals surface area contributed by atoms with Gasteiger partial charge < -0.3 is 21.3 Å². The van der Waals surface area contributed by atoms with E-state index < -0.39 is 12.1 Å². The lowest BCUT2D eigenvalue weighted by Crippen LogP contribution is -2.23. The molecule has 1 atom stereocenters. The molecule has 0 radical (unpaired) electrons. The van der Waals surface area contributed by atoms with Crippen molar-refractivity contribution in [2.75, 3.05) is 19.6 Å². The van der Waals surface area contributed by atoms with E-state index in [-0.39, 0.29) is 0 Å². The molecule has 0 aliphatic rings. The van der Waals surface area contributed by atoms with E-state index in [0.29, 0.717) is 0 Å². The Labute approximate surface area is 136 Å². The number of carboxylic acid groups (broad SMARTS) is 1. The smallest absolute Gasteiger partial charge is 0.332 e. The summed E-state index contributed by atoms with van der Waals surface area (Å²) in [4.78, 5) is 9.45. The highest BCUT2D eigenvalue weighted by Gasteiger charge is 2.01. The van der Waals surface area contributed by atoms with Gasteiger partial charge in [-0.2, -0.15) is 0 Å². The topological polar surface area (TPSA) is 95.6 Å². The summed E-state index contributed by atoms with van der Waals surface area (Å²) in [5.74, 6) is -1.19. The zero-order valence-corrected chi connectivity index (χ0v) is 14.6. The summed E-state index contributed by atoms with van der Waals surface area (Å²) < 4.78 is 0. The lowest BCUT2D eigenvalue weighted by molar-refractivity contribution is -0.145. The lowest BCUT2D eigenvalue weighted by atomic mass is 10.1. The fourth-order valence-corrected chi connectivity index (χ4v) is 1.96. The Kier molecular flexibility index (Phi) is 21.8. The summed E-state index contributed by atoms with van der Waals surface area (Å²) in [5, 5.41) is 19.1. The number of nitrogens with two attached hydrogens (primary N) is 1. The molecule has 0 rings (SSSR count). The molecule has 0 fully saturated rings. The highest BCUT2D eigenvalue weighted by molar-refractivity contribution is 5.71. The van der Waals surface area contributed by atoms with Crippen LogP contribution in [0.25, 0.3) is 0 Å². The van der Waals surface area contributed by atoms with E-state index in [1.165, 1.54) is 71.1 Å². The molecule has 0 saturated heterocycles. The second kappa shape index (κ2) is 20.3. The van der Waals surface area contributed by atoms with Gasteiger partial charge in [0.1, 0.15) is 6.10 Å². The minimum absolute atomic E-state index is 0.762. The van der Waals surface area contributed by atoms with Crippen LogP contribution in [-0.4, -0.2) is 41.9 Å². The zero-order valence-electron chi connectivity index (χ0n) is 14.6. The number of nitrogens with one attached hydrogen (secondary N) is 1. The van der Waals surface area contributed by atoms with E-state index in [2.05, 4.69) is 12.2 Å². The standard InChI is InChI=1S/C14H32N2.C3H6O3/c1-2-3-4-5-6-7-8-9-10-11-13-16-14-12-15;1-2(4)3(5)6/h16H,2-15H2,1H3;2,4H,1H3,(H,5,6). The maximum atomic E-state index is 9.45.